The maximum Gasteiger partial charge on any atom is 0.204 e. The van der Waals surface area contributed by atoms with Crippen molar-refractivity contribution in [3.63, 3.8) is 0 Å². The van der Waals surface area contributed by atoms with E-state index in [2.05, 4.69) is 0 Å². The minimum Gasteiger partial charge on any atom is -0.298 e. The molecule has 0 radical (unpaired) electrons. The summed E-state index contributed by atoms with van der Waals surface area (Å²) in [6, 6.07) is 3.43. The van der Waals surface area contributed by atoms with Crippen LogP contribution in [-0.2, 0) is 0 Å². The van der Waals surface area contributed by atoms with Crippen LogP contribution in [0.5, 0.6) is 0 Å². The second kappa shape index (κ2) is 3.86. The van der Waals surface area contributed by atoms with Crippen molar-refractivity contribution < 1.29 is 9.59 Å². The predicted octanol–water partition coefficient (Wildman–Crippen LogP) is 2.85. The van der Waals surface area contributed by atoms with Crippen molar-refractivity contribution >= 4 is 34.7 Å². The van der Waals surface area contributed by atoms with E-state index in [0.29, 0.717) is 16.0 Å². The predicted molar refractivity (Wildman–Crippen MR) is 57.5 cm³/mol. The second-order valence-electron chi connectivity index (χ2n) is 2.66. The van der Waals surface area contributed by atoms with Crippen molar-refractivity contribution in [3.05, 3.63) is 44.3 Å². The minimum absolute atomic E-state index is 0.0663. The fraction of sp³-hybridized carbons (Fsp3) is 0. The highest BCUT2D eigenvalue weighted by Gasteiger charge is 2.14. The average molecular weight is 222 g/mol. The molecule has 0 atom stereocenters. The van der Waals surface area contributed by atoms with Crippen LogP contribution in [-0.4, -0.2) is 12.1 Å². The van der Waals surface area contributed by atoms with Gasteiger partial charge in [-0.25, -0.2) is 0 Å². The van der Waals surface area contributed by atoms with Crippen LogP contribution < -0.4 is 0 Å². The molecule has 2 aromatic rings. The second-order valence-corrected chi connectivity index (χ2v) is 4.36. The third kappa shape index (κ3) is 1.54. The van der Waals surface area contributed by atoms with Gasteiger partial charge in [0.05, 0.1) is 4.88 Å². The van der Waals surface area contributed by atoms with Gasteiger partial charge in [-0.3, -0.25) is 9.59 Å². The first-order chi connectivity index (χ1) is 6.83. The van der Waals surface area contributed by atoms with Gasteiger partial charge in [-0.1, -0.05) is 0 Å². The van der Waals surface area contributed by atoms with Crippen LogP contribution in [0, 0.1) is 0 Å². The van der Waals surface area contributed by atoms with Crippen molar-refractivity contribution in [3.8, 4) is 0 Å². The monoisotopic (exact) mass is 222 g/mol. The van der Waals surface area contributed by atoms with Crippen LogP contribution in [0.3, 0.4) is 0 Å². The highest BCUT2D eigenvalue weighted by atomic mass is 32.1. The summed E-state index contributed by atoms with van der Waals surface area (Å²) < 4.78 is 0. The molecule has 0 saturated heterocycles. The summed E-state index contributed by atoms with van der Waals surface area (Å²) in [6.07, 6.45) is 0.718. The van der Waals surface area contributed by atoms with E-state index in [1.54, 1.807) is 22.9 Å². The number of rotatable bonds is 3. The van der Waals surface area contributed by atoms with Crippen LogP contribution in [0.25, 0.3) is 0 Å². The molecule has 2 heterocycles. The molecule has 70 valence electrons. The normalized spacial score (nSPS) is 10.0. The molecule has 0 spiro atoms. The van der Waals surface area contributed by atoms with Crippen LogP contribution in [0.4, 0.5) is 0 Å². The fourth-order valence-electron chi connectivity index (χ4n) is 1.12. The molecular formula is C10H6O2S2. The van der Waals surface area contributed by atoms with Crippen molar-refractivity contribution in [1.82, 2.24) is 0 Å². The molecular weight excluding hydrogens is 216 g/mol. The number of ketones is 1. The van der Waals surface area contributed by atoms with E-state index in [-0.39, 0.29) is 5.78 Å². The van der Waals surface area contributed by atoms with Gasteiger partial charge in [0.15, 0.2) is 6.29 Å². The fourth-order valence-corrected chi connectivity index (χ4v) is 2.59. The van der Waals surface area contributed by atoms with Crippen molar-refractivity contribution in [2.24, 2.45) is 0 Å². The highest BCUT2D eigenvalue weighted by Crippen LogP contribution is 2.20. The van der Waals surface area contributed by atoms with Gasteiger partial charge in [0, 0.05) is 16.5 Å². The van der Waals surface area contributed by atoms with Gasteiger partial charge in [-0.2, -0.15) is 11.3 Å². The first kappa shape index (κ1) is 9.30. The Bertz CT molecular complexity index is 454. The highest BCUT2D eigenvalue weighted by molar-refractivity contribution is 7.13. The Labute approximate surface area is 88.8 Å². The van der Waals surface area contributed by atoms with Crippen molar-refractivity contribution in [2.45, 2.75) is 0 Å². The number of hydrogen-bond donors (Lipinski definition) is 0. The molecule has 0 amide bonds. The van der Waals surface area contributed by atoms with E-state index in [1.165, 1.54) is 22.7 Å². The number of carbonyl (C=O) groups excluding carboxylic acids is 2. The lowest BCUT2D eigenvalue weighted by atomic mass is 10.1. The van der Waals surface area contributed by atoms with E-state index >= 15 is 0 Å². The summed E-state index contributed by atoms with van der Waals surface area (Å²) in [5, 5.41) is 5.39. The minimum atomic E-state index is -0.0663. The molecule has 2 aromatic heterocycles. The Morgan fingerprint density at radius 1 is 1.29 bits per heavy atom. The van der Waals surface area contributed by atoms with Gasteiger partial charge in [0.25, 0.3) is 0 Å². The van der Waals surface area contributed by atoms with Crippen LogP contribution in [0.1, 0.15) is 25.6 Å². The van der Waals surface area contributed by atoms with Crippen LogP contribution in [0.15, 0.2) is 28.3 Å². The van der Waals surface area contributed by atoms with Crippen molar-refractivity contribution in [1.29, 1.82) is 0 Å². The molecule has 0 aromatic carbocycles. The van der Waals surface area contributed by atoms with Crippen LogP contribution in [0.2, 0.25) is 0 Å². The molecule has 0 saturated carbocycles. The topological polar surface area (TPSA) is 34.1 Å². The standard InChI is InChI=1S/C10H6O2S2/c11-5-7-2-4-14-10(7)9(12)8-1-3-13-6-8/h1-6H. The van der Waals surface area contributed by atoms with E-state index < -0.39 is 0 Å². The molecule has 0 fully saturated rings. The number of aldehydes is 1. The quantitative estimate of drug-likeness (QED) is 0.591. The Morgan fingerprint density at radius 2 is 2.14 bits per heavy atom. The summed E-state index contributed by atoms with van der Waals surface area (Å²) in [6.45, 7) is 0. The molecule has 0 unspecified atom stereocenters. The first-order valence-electron chi connectivity index (χ1n) is 3.92. The maximum absolute atomic E-state index is 11.8. The Balaban J connectivity index is 2.41. The molecule has 0 aliphatic rings. The van der Waals surface area contributed by atoms with E-state index in [1.807, 2.05) is 5.38 Å². The largest absolute Gasteiger partial charge is 0.298 e. The van der Waals surface area contributed by atoms with Crippen molar-refractivity contribution in [2.75, 3.05) is 0 Å². The Morgan fingerprint density at radius 3 is 2.79 bits per heavy atom. The number of thiophene rings is 2. The van der Waals surface area contributed by atoms with Gasteiger partial charge >= 0.3 is 0 Å². The lowest BCUT2D eigenvalue weighted by molar-refractivity contribution is 0.103. The summed E-state index contributed by atoms with van der Waals surface area (Å²) >= 11 is 2.78. The van der Waals surface area contributed by atoms with Gasteiger partial charge in [-0.05, 0) is 22.9 Å². The van der Waals surface area contributed by atoms with Gasteiger partial charge in [-0.15, -0.1) is 11.3 Å². The molecule has 2 rings (SSSR count). The van der Waals surface area contributed by atoms with E-state index in [9.17, 15) is 9.59 Å². The third-order valence-corrected chi connectivity index (χ3v) is 3.42. The zero-order valence-electron chi connectivity index (χ0n) is 7.10. The average Bonchev–Trinajstić information content (AvgIpc) is 2.87. The summed E-state index contributed by atoms with van der Waals surface area (Å²) in [5.74, 6) is -0.0663. The SMILES string of the molecule is O=Cc1ccsc1C(=O)c1ccsc1. The molecule has 0 aliphatic carbocycles. The number of hydrogen-bond acceptors (Lipinski definition) is 4. The zero-order chi connectivity index (χ0) is 9.97. The van der Waals surface area contributed by atoms with E-state index in [0.717, 1.165) is 6.29 Å². The molecule has 14 heavy (non-hydrogen) atoms. The Hall–Kier alpha value is -1.26. The van der Waals surface area contributed by atoms with Crippen LogP contribution >= 0.6 is 22.7 Å². The lowest BCUT2D eigenvalue weighted by Crippen LogP contribution is -1.99. The third-order valence-electron chi connectivity index (χ3n) is 1.81. The van der Waals surface area contributed by atoms with Gasteiger partial charge < -0.3 is 0 Å². The molecule has 4 heteroatoms. The smallest absolute Gasteiger partial charge is 0.204 e. The summed E-state index contributed by atoms with van der Waals surface area (Å²) in [5.41, 5.74) is 1.13. The molecule has 2 nitrogen and oxygen atoms in total. The zero-order valence-corrected chi connectivity index (χ0v) is 8.73. The Kier molecular flexibility index (Phi) is 2.56. The first-order valence-corrected chi connectivity index (χ1v) is 5.74. The lowest BCUT2D eigenvalue weighted by Gasteiger charge is -1.94. The maximum atomic E-state index is 11.8. The molecule has 0 N–H and O–H groups in total. The summed E-state index contributed by atoms with van der Waals surface area (Å²) in [4.78, 5) is 23.0. The number of carbonyl (C=O) groups is 2. The van der Waals surface area contributed by atoms with E-state index in [4.69, 9.17) is 0 Å². The molecule has 0 bridgehead atoms. The molecule has 0 aliphatic heterocycles. The summed E-state index contributed by atoms with van der Waals surface area (Å²) in [7, 11) is 0. The van der Waals surface area contributed by atoms with Gasteiger partial charge in [0.1, 0.15) is 0 Å². The van der Waals surface area contributed by atoms with Gasteiger partial charge in [0.2, 0.25) is 5.78 Å².